The zero-order chi connectivity index (χ0) is 26.5. The van der Waals surface area contributed by atoms with E-state index in [0.29, 0.717) is 19.3 Å². The fraction of sp³-hybridized carbons (Fsp3) is 0.591. The van der Waals surface area contributed by atoms with Crippen LogP contribution in [0.25, 0.3) is 0 Å². The van der Waals surface area contributed by atoms with E-state index < -0.39 is 41.8 Å². The molecule has 4 N–H and O–H groups in total. The molecule has 13 nitrogen and oxygen atoms in total. The molecule has 0 aromatic carbocycles. The van der Waals surface area contributed by atoms with E-state index >= 15 is 0 Å². The fourth-order valence-corrected chi connectivity index (χ4v) is 2.93. The van der Waals surface area contributed by atoms with Crippen LogP contribution < -0.4 is 21.3 Å². The van der Waals surface area contributed by atoms with Gasteiger partial charge in [0.1, 0.15) is 18.1 Å². The van der Waals surface area contributed by atoms with E-state index in [2.05, 4.69) is 26.0 Å². The zero-order valence-corrected chi connectivity index (χ0v) is 20.3. The summed E-state index contributed by atoms with van der Waals surface area (Å²) >= 11 is 0. The first kappa shape index (κ1) is 29.3. The Morgan fingerprint density at radius 3 is 1.86 bits per heavy atom. The van der Waals surface area contributed by atoms with E-state index in [0.717, 1.165) is 4.90 Å². The number of hydrogen-bond donors (Lipinski definition) is 4. The molecule has 1 heterocycles. The smallest absolute Gasteiger partial charge is 0.304 e. The lowest BCUT2D eigenvalue weighted by atomic mass is 10.1. The highest BCUT2D eigenvalue weighted by atomic mass is 16.5. The van der Waals surface area contributed by atoms with Crippen LogP contribution in [0, 0.1) is 0 Å². The molecule has 0 spiro atoms. The molecule has 0 aliphatic carbocycles. The summed E-state index contributed by atoms with van der Waals surface area (Å²) < 4.78 is 4.59. The molecule has 6 amide bonds. The van der Waals surface area contributed by atoms with Gasteiger partial charge in [-0.05, 0) is 33.6 Å². The number of carbonyl (C=O) groups is 7. The van der Waals surface area contributed by atoms with Crippen molar-refractivity contribution < 1.29 is 38.3 Å². The summed E-state index contributed by atoms with van der Waals surface area (Å²) in [7, 11) is 0. The minimum absolute atomic E-state index is 0.160. The third-order valence-corrected chi connectivity index (χ3v) is 4.98. The van der Waals surface area contributed by atoms with Gasteiger partial charge in [0.05, 0.1) is 0 Å². The maximum atomic E-state index is 12.3. The van der Waals surface area contributed by atoms with Gasteiger partial charge in [-0.25, -0.2) is 0 Å². The van der Waals surface area contributed by atoms with Gasteiger partial charge in [0.25, 0.3) is 11.8 Å². The third kappa shape index (κ3) is 10.8. The Morgan fingerprint density at radius 2 is 1.31 bits per heavy atom. The summed E-state index contributed by atoms with van der Waals surface area (Å²) in [6.45, 7) is 5.48. The summed E-state index contributed by atoms with van der Waals surface area (Å²) in [6, 6.07) is -2.81. The molecule has 3 unspecified atom stereocenters. The SMILES string of the molecule is CC(=O)OCNC(=O)C(C)NC(=O)C(C)NC(=O)C(C)NC(=O)CCCCCN1C(=O)C=CC1=O. The summed E-state index contributed by atoms with van der Waals surface area (Å²) in [5.74, 6) is -3.36. The average molecular weight is 496 g/mol. The molecular weight excluding hydrogens is 462 g/mol. The van der Waals surface area contributed by atoms with Crippen LogP contribution in [-0.2, 0) is 38.3 Å². The minimum Gasteiger partial charge on any atom is -0.445 e. The second-order valence-corrected chi connectivity index (χ2v) is 8.04. The molecule has 35 heavy (non-hydrogen) atoms. The van der Waals surface area contributed by atoms with E-state index in [1.165, 1.54) is 39.8 Å². The second-order valence-electron chi connectivity index (χ2n) is 8.04. The van der Waals surface area contributed by atoms with Gasteiger partial charge in [-0.15, -0.1) is 0 Å². The minimum atomic E-state index is -0.976. The molecule has 13 heteroatoms. The van der Waals surface area contributed by atoms with Gasteiger partial charge in [-0.1, -0.05) is 6.42 Å². The molecule has 3 atom stereocenters. The lowest BCUT2D eigenvalue weighted by molar-refractivity contribution is -0.143. The van der Waals surface area contributed by atoms with Gasteiger partial charge in [0, 0.05) is 32.0 Å². The molecule has 0 aromatic rings. The van der Waals surface area contributed by atoms with Crippen molar-refractivity contribution in [1.82, 2.24) is 26.2 Å². The maximum Gasteiger partial charge on any atom is 0.304 e. The van der Waals surface area contributed by atoms with Crippen LogP contribution in [0.2, 0.25) is 0 Å². The molecule has 0 saturated heterocycles. The Morgan fingerprint density at radius 1 is 0.800 bits per heavy atom. The van der Waals surface area contributed by atoms with Crippen molar-refractivity contribution in [2.24, 2.45) is 0 Å². The van der Waals surface area contributed by atoms with E-state index in [4.69, 9.17) is 0 Å². The fourth-order valence-electron chi connectivity index (χ4n) is 2.93. The molecule has 0 bridgehead atoms. The first-order valence-corrected chi connectivity index (χ1v) is 11.3. The predicted octanol–water partition coefficient (Wildman–Crippen LogP) is -1.38. The first-order valence-electron chi connectivity index (χ1n) is 11.3. The monoisotopic (exact) mass is 495 g/mol. The van der Waals surface area contributed by atoms with Crippen molar-refractivity contribution >= 4 is 41.4 Å². The quantitative estimate of drug-likeness (QED) is 0.0985. The van der Waals surface area contributed by atoms with E-state index in [1.54, 1.807) is 0 Å². The largest absolute Gasteiger partial charge is 0.445 e. The van der Waals surface area contributed by atoms with Gasteiger partial charge < -0.3 is 26.0 Å². The second kappa shape index (κ2) is 14.5. The highest BCUT2D eigenvalue weighted by Gasteiger charge is 2.24. The number of ether oxygens (including phenoxy) is 1. The molecule has 0 radical (unpaired) electrons. The Kier molecular flexibility index (Phi) is 12.1. The van der Waals surface area contributed by atoms with E-state index in [-0.39, 0.29) is 37.4 Å². The van der Waals surface area contributed by atoms with Gasteiger partial charge in [0.2, 0.25) is 23.6 Å². The number of carbonyl (C=O) groups excluding carboxylic acids is 7. The van der Waals surface area contributed by atoms with E-state index in [1.807, 2.05) is 0 Å². The normalized spacial score (nSPS) is 15.1. The zero-order valence-electron chi connectivity index (χ0n) is 20.3. The lowest BCUT2D eigenvalue weighted by Crippen LogP contribution is -2.54. The maximum absolute atomic E-state index is 12.3. The molecule has 1 aliphatic rings. The topological polar surface area (TPSA) is 180 Å². The number of esters is 1. The van der Waals surface area contributed by atoms with Crippen molar-refractivity contribution in [3.05, 3.63) is 12.2 Å². The number of amides is 6. The first-order chi connectivity index (χ1) is 16.4. The molecule has 0 aromatic heterocycles. The lowest BCUT2D eigenvalue weighted by Gasteiger charge is -2.20. The number of hydrogen-bond acceptors (Lipinski definition) is 8. The highest BCUT2D eigenvalue weighted by Crippen LogP contribution is 2.07. The average Bonchev–Trinajstić information content (AvgIpc) is 3.10. The van der Waals surface area contributed by atoms with Crippen molar-refractivity contribution in [2.75, 3.05) is 13.3 Å². The van der Waals surface area contributed by atoms with Gasteiger partial charge in [-0.2, -0.15) is 0 Å². The summed E-state index contributed by atoms with van der Waals surface area (Å²) in [5.41, 5.74) is 0. The molecule has 0 saturated carbocycles. The molecule has 1 aliphatic heterocycles. The van der Waals surface area contributed by atoms with Crippen molar-refractivity contribution in [1.29, 1.82) is 0 Å². The van der Waals surface area contributed by atoms with E-state index in [9.17, 15) is 33.6 Å². The van der Waals surface area contributed by atoms with Gasteiger partial charge >= 0.3 is 5.97 Å². The van der Waals surface area contributed by atoms with Crippen molar-refractivity contribution in [3.63, 3.8) is 0 Å². The number of nitrogens with one attached hydrogen (secondary N) is 4. The predicted molar refractivity (Wildman–Crippen MR) is 122 cm³/mol. The molecule has 0 fully saturated rings. The van der Waals surface area contributed by atoms with Crippen LogP contribution in [0.4, 0.5) is 0 Å². The summed E-state index contributed by atoms with van der Waals surface area (Å²) in [4.78, 5) is 83.2. The molecule has 194 valence electrons. The van der Waals surface area contributed by atoms with Crippen LogP contribution in [0.5, 0.6) is 0 Å². The standard InChI is InChI=1S/C22H33N5O8/c1-13(20(32)23-12-35-16(4)28)25-22(34)15(3)26-21(33)14(2)24-17(29)8-6-5-7-11-27-18(30)9-10-19(27)31/h9-10,13-15H,5-8,11-12H2,1-4H3,(H,23,32)(H,24,29)(H,25,34)(H,26,33). The van der Waals surface area contributed by atoms with Crippen LogP contribution in [0.3, 0.4) is 0 Å². The van der Waals surface area contributed by atoms with Crippen LogP contribution in [0.1, 0.15) is 53.4 Å². The molecule has 1 rings (SSSR count). The number of nitrogens with zero attached hydrogens (tertiary/aromatic N) is 1. The Bertz CT molecular complexity index is 854. The number of rotatable bonds is 14. The number of unbranched alkanes of at least 4 members (excludes halogenated alkanes) is 2. The van der Waals surface area contributed by atoms with Gasteiger partial charge in [0.15, 0.2) is 6.73 Å². The van der Waals surface area contributed by atoms with Crippen molar-refractivity contribution in [3.8, 4) is 0 Å². The van der Waals surface area contributed by atoms with Crippen LogP contribution in [0.15, 0.2) is 12.2 Å². The summed E-state index contributed by atoms with van der Waals surface area (Å²) in [5, 5.41) is 9.75. The number of imide groups is 1. The van der Waals surface area contributed by atoms with Crippen LogP contribution >= 0.6 is 0 Å². The van der Waals surface area contributed by atoms with Crippen molar-refractivity contribution in [2.45, 2.75) is 71.5 Å². The Hall–Kier alpha value is -3.77. The third-order valence-electron chi connectivity index (χ3n) is 4.98. The summed E-state index contributed by atoms with van der Waals surface area (Å²) in [6.07, 6.45) is 4.30. The molecular formula is C22H33N5O8. The Labute approximate surface area is 203 Å². The van der Waals surface area contributed by atoms with Gasteiger partial charge in [-0.3, -0.25) is 38.5 Å². The van der Waals surface area contributed by atoms with Crippen LogP contribution in [-0.4, -0.2) is 77.7 Å². The highest BCUT2D eigenvalue weighted by molar-refractivity contribution is 6.12. The Balaban J connectivity index is 2.27.